The Kier molecular flexibility index (Phi) is 5.31. The molecule has 42 heavy (non-hydrogen) atoms. The first-order valence-corrected chi connectivity index (χ1v) is 18.5. The van der Waals surface area contributed by atoms with Crippen molar-refractivity contribution < 1.29 is 0 Å². The molecular weight excluding hydrogens is 512 g/mol. The Morgan fingerprint density at radius 1 is 0.429 bits per heavy atom. The Bertz CT molecular complexity index is 995. The summed E-state index contributed by atoms with van der Waals surface area (Å²) >= 11 is 0. The molecule has 0 aliphatic heterocycles. The van der Waals surface area contributed by atoms with Gasteiger partial charge in [-0.25, -0.2) is 4.98 Å². The highest BCUT2D eigenvalue weighted by Gasteiger charge is 2.56. The van der Waals surface area contributed by atoms with Gasteiger partial charge < -0.3 is 14.7 Å². The molecular formula is C38H56N4. The van der Waals surface area contributed by atoms with Gasteiger partial charge in [0, 0.05) is 55.6 Å². The van der Waals surface area contributed by atoms with Crippen LogP contribution in [-0.4, -0.2) is 42.7 Å². The number of rotatable bonds is 6. The summed E-state index contributed by atoms with van der Waals surface area (Å²) in [5.41, 5.74) is 2.54. The van der Waals surface area contributed by atoms with Gasteiger partial charge in [-0.1, -0.05) is 0 Å². The molecule has 12 bridgehead atoms. The molecule has 0 saturated heterocycles. The number of hydrogen-bond donors (Lipinski definition) is 0. The van der Waals surface area contributed by atoms with Crippen LogP contribution in [0.3, 0.4) is 0 Å². The van der Waals surface area contributed by atoms with Crippen LogP contribution >= 0.6 is 0 Å². The second-order valence-electron chi connectivity index (χ2n) is 18.6. The molecule has 0 unspecified atom stereocenters. The van der Waals surface area contributed by atoms with E-state index in [2.05, 4.69) is 48.0 Å². The van der Waals surface area contributed by atoms with Crippen molar-refractivity contribution in [3.8, 4) is 0 Å². The Labute approximate surface area is 255 Å². The Hall–Kier alpha value is -1.45. The zero-order valence-corrected chi connectivity index (χ0v) is 26.9. The molecule has 228 valence electrons. The van der Waals surface area contributed by atoms with Crippen LogP contribution in [0.15, 0.2) is 12.1 Å². The van der Waals surface area contributed by atoms with Crippen molar-refractivity contribution in [2.75, 3.05) is 35.8 Å². The van der Waals surface area contributed by atoms with Gasteiger partial charge in [-0.2, -0.15) is 0 Å². The standard InChI is InChI=1S/C38H56N4/c1-40(36-15-24-4-25(16-36)6-26(5-24)17-36)33-13-34(41(2)37-18-27-7-28(19-37)9-29(8-27)20-37)39-35(14-33)42(3)38-21-30-10-31(22-38)12-32(11-30)23-38/h13-14,24-32H,4-12,15-23H2,1-3H3. The summed E-state index contributed by atoms with van der Waals surface area (Å²) in [7, 11) is 7.41. The SMILES string of the molecule is CN(c1cc(N(C)C23CC4CC(CC(C4)C2)C3)nc(N(C)C23CC4CC(CC(C4)C2)C3)c1)C12CC3CC(CC(C3)C1)C2. The number of pyridine rings is 1. The highest BCUT2D eigenvalue weighted by molar-refractivity contribution is 5.65. The molecule has 0 N–H and O–H groups in total. The minimum atomic E-state index is 0.343. The fraction of sp³-hybridized carbons (Fsp3) is 0.868. The topological polar surface area (TPSA) is 22.6 Å². The van der Waals surface area contributed by atoms with Crippen LogP contribution in [0, 0.1) is 53.3 Å². The summed E-state index contributed by atoms with van der Waals surface area (Å²) in [4.78, 5) is 14.0. The van der Waals surface area contributed by atoms with Crippen LogP contribution in [0.25, 0.3) is 0 Å². The van der Waals surface area contributed by atoms with Gasteiger partial charge in [0.1, 0.15) is 11.6 Å². The van der Waals surface area contributed by atoms with Crippen LogP contribution in [0.2, 0.25) is 0 Å². The Balaban J connectivity index is 1.05. The summed E-state index contributed by atoms with van der Waals surface area (Å²) < 4.78 is 0. The number of aromatic nitrogens is 1. The first-order chi connectivity index (χ1) is 20.3. The third-order valence-corrected chi connectivity index (χ3v) is 16.0. The maximum atomic E-state index is 5.70. The smallest absolute Gasteiger partial charge is 0.133 e. The predicted molar refractivity (Wildman–Crippen MR) is 172 cm³/mol. The van der Waals surface area contributed by atoms with Crippen molar-refractivity contribution in [3.05, 3.63) is 12.1 Å². The molecule has 0 aromatic carbocycles. The molecule has 12 aliphatic carbocycles. The van der Waals surface area contributed by atoms with E-state index >= 15 is 0 Å². The molecule has 4 heteroatoms. The average Bonchev–Trinajstić information content (AvgIpc) is 2.93. The highest BCUT2D eigenvalue weighted by atomic mass is 15.3. The fourth-order valence-corrected chi connectivity index (χ4v) is 15.2. The van der Waals surface area contributed by atoms with Crippen molar-refractivity contribution in [2.24, 2.45) is 53.3 Å². The van der Waals surface area contributed by atoms with Gasteiger partial charge in [-0.3, -0.25) is 0 Å². The summed E-state index contributed by atoms with van der Waals surface area (Å²) in [6, 6.07) is 5.13. The lowest BCUT2D eigenvalue weighted by Crippen LogP contribution is -2.60. The average molecular weight is 569 g/mol. The van der Waals surface area contributed by atoms with Gasteiger partial charge in [0.05, 0.1) is 0 Å². The van der Waals surface area contributed by atoms with Crippen LogP contribution in [0.1, 0.15) is 116 Å². The molecule has 1 heterocycles. The van der Waals surface area contributed by atoms with E-state index in [1.165, 1.54) is 133 Å². The highest BCUT2D eigenvalue weighted by Crippen LogP contribution is 2.61. The summed E-state index contributed by atoms with van der Waals surface area (Å²) in [6.07, 6.45) is 26.3. The first-order valence-electron chi connectivity index (χ1n) is 18.5. The van der Waals surface area contributed by atoms with E-state index in [0.29, 0.717) is 16.6 Å². The van der Waals surface area contributed by atoms with Crippen molar-refractivity contribution in [3.63, 3.8) is 0 Å². The summed E-state index contributed by atoms with van der Waals surface area (Å²) in [5.74, 6) is 11.3. The van der Waals surface area contributed by atoms with Gasteiger partial charge in [-0.15, -0.1) is 0 Å². The van der Waals surface area contributed by atoms with Crippen molar-refractivity contribution in [1.82, 2.24) is 4.98 Å². The normalized spacial score (nSPS) is 50.5. The van der Waals surface area contributed by atoms with E-state index < -0.39 is 0 Å². The second kappa shape index (κ2) is 8.63. The molecule has 12 saturated carbocycles. The maximum absolute atomic E-state index is 5.70. The third kappa shape index (κ3) is 3.68. The van der Waals surface area contributed by atoms with Crippen LogP contribution in [0.4, 0.5) is 17.3 Å². The molecule has 0 radical (unpaired) electrons. The van der Waals surface area contributed by atoms with E-state index in [1.54, 1.807) is 0 Å². The maximum Gasteiger partial charge on any atom is 0.133 e. The molecule has 12 fully saturated rings. The minimum Gasteiger partial charge on any atom is -0.369 e. The van der Waals surface area contributed by atoms with Crippen LogP contribution in [0.5, 0.6) is 0 Å². The van der Waals surface area contributed by atoms with E-state index in [9.17, 15) is 0 Å². The lowest BCUT2D eigenvalue weighted by molar-refractivity contribution is -0.00314. The van der Waals surface area contributed by atoms with Gasteiger partial charge in [0.15, 0.2) is 0 Å². The number of anilines is 3. The van der Waals surface area contributed by atoms with E-state index in [1.807, 2.05) is 0 Å². The monoisotopic (exact) mass is 568 g/mol. The van der Waals surface area contributed by atoms with Crippen LogP contribution in [-0.2, 0) is 0 Å². The zero-order chi connectivity index (χ0) is 28.0. The number of hydrogen-bond acceptors (Lipinski definition) is 4. The van der Waals surface area contributed by atoms with E-state index in [4.69, 9.17) is 4.98 Å². The molecule has 4 nitrogen and oxygen atoms in total. The third-order valence-electron chi connectivity index (χ3n) is 16.0. The predicted octanol–water partition coefficient (Wildman–Crippen LogP) is 8.30. The Morgan fingerprint density at radius 3 is 0.929 bits per heavy atom. The zero-order valence-electron chi connectivity index (χ0n) is 26.9. The summed E-state index contributed by atoms with van der Waals surface area (Å²) in [6.45, 7) is 0. The molecule has 12 aliphatic rings. The second-order valence-corrected chi connectivity index (χ2v) is 18.6. The lowest BCUT2D eigenvalue weighted by Gasteiger charge is -2.61. The lowest BCUT2D eigenvalue weighted by atomic mass is 9.52. The molecule has 1 aromatic rings. The van der Waals surface area contributed by atoms with Gasteiger partial charge in [0.25, 0.3) is 0 Å². The summed E-state index contributed by atoms with van der Waals surface area (Å²) in [5, 5.41) is 0. The molecule has 0 atom stereocenters. The van der Waals surface area contributed by atoms with Gasteiger partial charge >= 0.3 is 0 Å². The van der Waals surface area contributed by atoms with Crippen molar-refractivity contribution >= 4 is 17.3 Å². The quantitative estimate of drug-likeness (QED) is 0.344. The van der Waals surface area contributed by atoms with Gasteiger partial charge in [0.2, 0.25) is 0 Å². The van der Waals surface area contributed by atoms with E-state index in [0.717, 1.165) is 53.3 Å². The minimum absolute atomic E-state index is 0.343. The molecule has 0 amide bonds. The fourth-order valence-electron chi connectivity index (χ4n) is 15.2. The van der Waals surface area contributed by atoms with Crippen molar-refractivity contribution in [1.29, 1.82) is 0 Å². The van der Waals surface area contributed by atoms with E-state index in [-0.39, 0.29) is 0 Å². The Morgan fingerprint density at radius 2 is 0.667 bits per heavy atom. The molecule has 13 rings (SSSR count). The molecule has 1 aromatic heterocycles. The van der Waals surface area contributed by atoms with Gasteiger partial charge in [-0.05, 0) is 169 Å². The number of nitrogens with zero attached hydrogens (tertiary/aromatic N) is 4. The van der Waals surface area contributed by atoms with Crippen LogP contribution < -0.4 is 14.7 Å². The first kappa shape index (κ1) is 25.8. The molecule has 0 spiro atoms. The van der Waals surface area contributed by atoms with Crippen molar-refractivity contribution in [2.45, 2.75) is 132 Å². The largest absolute Gasteiger partial charge is 0.369 e.